The van der Waals surface area contributed by atoms with Crippen LogP contribution in [-0.2, 0) is 12.8 Å². The Balaban J connectivity index is 1.69. The van der Waals surface area contributed by atoms with E-state index in [4.69, 9.17) is 0 Å². The van der Waals surface area contributed by atoms with Gasteiger partial charge < -0.3 is 0 Å². The summed E-state index contributed by atoms with van der Waals surface area (Å²) in [6.07, 6.45) is 5.85. The number of benzene rings is 3. The van der Waals surface area contributed by atoms with Crippen molar-refractivity contribution in [1.29, 1.82) is 0 Å². The third kappa shape index (κ3) is 3.37. The molecular weight excluding hydrogens is 369 g/mol. The first-order chi connectivity index (χ1) is 14.1. The zero-order valence-corrected chi connectivity index (χ0v) is 16.9. The van der Waals surface area contributed by atoms with Crippen molar-refractivity contribution in [3.05, 3.63) is 71.0 Å². The number of hydrogen-bond donors (Lipinski definition) is 0. The second-order valence-corrected chi connectivity index (χ2v) is 7.84. The minimum absolute atomic E-state index is 0.0767. The summed E-state index contributed by atoms with van der Waals surface area (Å²) in [6, 6.07) is 12.9. The molecule has 0 saturated heterocycles. The molecule has 150 valence electrons. The number of rotatable bonds is 7. The monoisotopic (exact) mass is 394 g/mol. The molecule has 0 amide bonds. The van der Waals surface area contributed by atoms with Crippen LogP contribution in [0.1, 0.15) is 50.7 Å². The lowest BCUT2D eigenvalue weighted by molar-refractivity contribution is 0.512. The van der Waals surface area contributed by atoms with Gasteiger partial charge in [-0.2, -0.15) is 0 Å². The van der Waals surface area contributed by atoms with E-state index in [1.165, 1.54) is 18.4 Å². The molecule has 0 aromatic heterocycles. The van der Waals surface area contributed by atoms with Crippen LogP contribution >= 0.6 is 0 Å². The molecule has 0 saturated carbocycles. The van der Waals surface area contributed by atoms with E-state index in [2.05, 4.69) is 6.92 Å². The Hall–Kier alpha value is -2.55. The molecule has 0 atom stereocenters. The van der Waals surface area contributed by atoms with Crippen molar-refractivity contribution in [3.63, 3.8) is 0 Å². The van der Waals surface area contributed by atoms with Crippen LogP contribution in [0.2, 0.25) is 0 Å². The smallest absolute Gasteiger partial charge is 0.168 e. The van der Waals surface area contributed by atoms with Gasteiger partial charge >= 0.3 is 0 Å². The highest BCUT2D eigenvalue weighted by atomic mass is 19.2. The normalized spacial score (nSPS) is 11.8. The van der Waals surface area contributed by atoms with Crippen LogP contribution in [0.25, 0.3) is 33.4 Å². The fourth-order valence-electron chi connectivity index (χ4n) is 4.21. The molecule has 1 aliphatic rings. The Morgan fingerprint density at radius 3 is 2.03 bits per heavy atom. The molecule has 0 radical (unpaired) electrons. The van der Waals surface area contributed by atoms with Crippen LogP contribution in [0.5, 0.6) is 0 Å². The van der Waals surface area contributed by atoms with Crippen molar-refractivity contribution < 1.29 is 13.2 Å². The van der Waals surface area contributed by atoms with Gasteiger partial charge in [0.25, 0.3) is 0 Å². The fourth-order valence-corrected chi connectivity index (χ4v) is 4.21. The molecule has 0 fully saturated rings. The predicted molar refractivity (Wildman–Crippen MR) is 113 cm³/mol. The van der Waals surface area contributed by atoms with E-state index < -0.39 is 17.5 Å². The molecule has 0 aliphatic heterocycles. The van der Waals surface area contributed by atoms with E-state index in [0.717, 1.165) is 19.3 Å². The minimum Gasteiger partial charge on any atom is -0.206 e. The number of unbranched alkanes of at least 4 members (excludes halogenated alkanes) is 2. The van der Waals surface area contributed by atoms with Gasteiger partial charge in [-0.1, -0.05) is 69.5 Å². The summed E-state index contributed by atoms with van der Waals surface area (Å²) in [5.41, 5.74) is 4.16. The summed E-state index contributed by atoms with van der Waals surface area (Å²) in [7, 11) is 0. The molecule has 0 bridgehead atoms. The summed E-state index contributed by atoms with van der Waals surface area (Å²) in [5, 5.41) is 0. The number of halogens is 3. The minimum atomic E-state index is -0.954. The largest absolute Gasteiger partial charge is 0.206 e. The standard InChI is InChI=1S/C26H25F3/c1-3-5-6-8-16-9-11-17(12-10-16)20-15-21-19-14-13-18(7-4-2)24(27)22(19)23(21)26(29)25(20)28/h9-15H,3-8H2,1-2H3. The van der Waals surface area contributed by atoms with Gasteiger partial charge in [-0.15, -0.1) is 0 Å². The Morgan fingerprint density at radius 2 is 1.34 bits per heavy atom. The highest BCUT2D eigenvalue weighted by Gasteiger charge is 2.33. The Kier molecular flexibility index (Phi) is 5.49. The highest BCUT2D eigenvalue weighted by molar-refractivity contribution is 6.04. The first kappa shape index (κ1) is 19.8. The van der Waals surface area contributed by atoms with Crippen molar-refractivity contribution >= 4 is 0 Å². The summed E-state index contributed by atoms with van der Waals surface area (Å²) in [4.78, 5) is 0. The quantitative estimate of drug-likeness (QED) is 0.278. The van der Waals surface area contributed by atoms with Gasteiger partial charge in [0.2, 0.25) is 0 Å². The fraction of sp³-hybridized carbons (Fsp3) is 0.308. The molecule has 0 spiro atoms. The van der Waals surface area contributed by atoms with Crippen LogP contribution in [0, 0.1) is 17.5 Å². The average Bonchev–Trinajstić information content (AvgIpc) is 2.71. The van der Waals surface area contributed by atoms with Crippen LogP contribution < -0.4 is 0 Å². The maximum Gasteiger partial charge on any atom is 0.168 e. The van der Waals surface area contributed by atoms with Crippen LogP contribution in [0.3, 0.4) is 0 Å². The van der Waals surface area contributed by atoms with E-state index in [-0.39, 0.29) is 16.7 Å². The van der Waals surface area contributed by atoms with Gasteiger partial charge in [0.15, 0.2) is 11.6 Å². The van der Waals surface area contributed by atoms with Gasteiger partial charge in [0.1, 0.15) is 5.82 Å². The third-order valence-electron chi connectivity index (χ3n) is 5.82. The topological polar surface area (TPSA) is 0 Å². The zero-order valence-electron chi connectivity index (χ0n) is 16.9. The summed E-state index contributed by atoms with van der Waals surface area (Å²) in [5.74, 6) is -2.28. The van der Waals surface area contributed by atoms with Crippen molar-refractivity contribution in [1.82, 2.24) is 0 Å². The van der Waals surface area contributed by atoms with Crippen molar-refractivity contribution in [2.45, 2.75) is 52.4 Å². The lowest BCUT2D eigenvalue weighted by Gasteiger charge is -2.27. The van der Waals surface area contributed by atoms with Crippen molar-refractivity contribution in [3.8, 4) is 33.4 Å². The Morgan fingerprint density at radius 1 is 0.621 bits per heavy atom. The second kappa shape index (κ2) is 8.06. The van der Waals surface area contributed by atoms with E-state index in [1.54, 1.807) is 12.1 Å². The molecular formula is C26H25F3. The summed E-state index contributed by atoms with van der Waals surface area (Å²) >= 11 is 0. The number of hydrogen-bond acceptors (Lipinski definition) is 0. The summed E-state index contributed by atoms with van der Waals surface area (Å²) in [6.45, 7) is 4.13. The van der Waals surface area contributed by atoms with Gasteiger partial charge in [-0.3, -0.25) is 0 Å². The molecule has 0 unspecified atom stereocenters. The van der Waals surface area contributed by atoms with E-state index >= 15 is 0 Å². The SMILES string of the molecule is CCCCCc1ccc(-c2cc3c(c(F)c2F)-c2c-3ccc(CCC)c2F)cc1. The average molecular weight is 394 g/mol. The molecule has 29 heavy (non-hydrogen) atoms. The molecule has 4 rings (SSSR count). The number of fused-ring (bicyclic) bond motifs is 4. The van der Waals surface area contributed by atoms with Gasteiger partial charge in [-0.25, -0.2) is 13.2 Å². The van der Waals surface area contributed by atoms with E-state index in [9.17, 15) is 13.2 Å². The number of aryl methyl sites for hydroxylation is 2. The summed E-state index contributed by atoms with van der Waals surface area (Å²) < 4.78 is 44.6. The van der Waals surface area contributed by atoms with Crippen molar-refractivity contribution in [2.24, 2.45) is 0 Å². The zero-order chi connectivity index (χ0) is 20.5. The molecule has 3 heteroatoms. The van der Waals surface area contributed by atoms with Crippen LogP contribution in [0.4, 0.5) is 13.2 Å². The van der Waals surface area contributed by atoms with Gasteiger partial charge in [0, 0.05) is 16.7 Å². The lowest BCUT2D eigenvalue weighted by atomic mass is 9.77. The molecule has 0 heterocycles. The van der Waals surface area contributed by atoms with Crippen LogP contribution in [0.15, 0.2) is 42.5 Å². The molecule has 0 nitrogen and oxygen atoms in total. The molecule has 3 aromatic carbocycles. The van der Waals surface area contributed by atoms with Gasteiger partial charge in [-0.05, 0) is 53.1 Å². The first-order valence-electron chi connectivity index (χ1n) is 10.5. The maximum absolute atomic E-state index is 14.9. The predicted octanol–water partition coefficient (Wildman–Crippen LogP) is 8.10. The molecule has 1 aliphatic carbocycles. The molecule has 0 N–H and O–H groups in total. The third-order valence-corrected chi connectivity index (χ3v) is 5.82. The van der Waals surface area contributed by atoms with E-state index in [1.807, 2.05) is 37.3 Å². The molecule has 3 aromatic rings. The maximum atomic E-state index is 14.9. The van der Waals surface area contributed by atoms with Crippen LogP contribution in [-0.4, -0.2) is 0 Å². The Labute approximate surface area is 170 Å². The second-order valence-electron chi connectivity index (χ2n) is 7.84. The van der Waals surface area contributed by atoms with Crippen molar-refractivity contribution in [2.75, 3.05) is 0 Å². The Bertz CT molecular complexity index is 1050. The van der Waals surface area contributed by atoms with E-state index in [0.29, 0.717) is 28.7 Å². The first-order valence-corrected chi connectivity index (χ1v) is 10.5. The highest BCUT2D eigenvalue weighted by Crippen LogP contribution is 2.52. The lowest BCUT2D eigenvalue weighted by Crippen LogP contribution is -2.09. The van der Waals surface area contributed by atoms with Gasteiger partial charge in [0.05, 0.1) is 0 Å².